The highest BCUT2D eigenvalue weighted by Gasteiger charge is 2.17. The van der Waals surface area contributed by atoms with Crippen molar-refractivity contribution in [2.75, 3.05) is 4.72 Å². The van der Waals surface area contributed by atoms with Crippen LogP contribution < -0.4 is 4.72 Å². The number of aromatic nitrogens is 1. The Morgan fingerprint density at radius 2 is 1.89 bits per heavy atom. The molecule has 1 heterocycles. The van der Waals surface area contributed by atoms with E-state index >= 15 is 0 Å². The van der Waals surface area contributed by atoms with Crippen molar-refractivity contribution in [2.45, 2.75) is 11.5 Å². The molecule has 2 aromatic rings. The Morgan fingerprint density at radius 3 is 2.47 bits per heavy atom. The molecule has 19 heavy (non-hydrogen) atoms. The van der Waals surface area contributed by atoms with Gasteiger partial charge in [0.2, 0.25) is 0 Å². The number of sulfonamides is 1. The minimum absolute atomic E-state index is 0.113. The molecule has 1 aromatic carbocycles. The molecule has 7 heteroatoms. The van der Waals surface area contributed by atoms with Gasteiger partial charge in [-0.3, -0.25) is 9.71 Å². The molecule has 0 amide bonds. The highest BCUT2D eigenvalue weighted by atomic mass is 79.9. The summed E-state index contributed by atoms with van der Waals surface area (Å²) in [6, 6.07) is 7.70. The van der Waals surface area contributed by atoms with E-state index < -0.39 is 10.0 Å². The first-order valence-corrected chi connectivity index (χ1v) is 7.62. The maximum absolute atomic E-state index is 12.2. The van der Waals surface area contributed by atoms with Crippen molar-refractivity contribution in [1.29, 1.82) is 0 Å². The van der Waals surface area contributed by atoms with Crippen molar-refractivity contribution < 1.29 is 13.5 Å². The summed E-state index contributed by atoms with van der Waals surface area (Å²) in [5.41, 5.74) is 1.07. The molecular weight excluding hydrogens is 332 g/mol. The fourth-order valence-corrected chi connectivity index (χ4v) is 3.68. The van der Waals surface area contributed by atoms with Gasteiger partial charge in [-0.15, -0.1) is 0 Å². The van der Waals surface area contributed by atoms with Gasteiger partial charge in [-0.1, -0.05) is 6.07 Å². The summed E-state index contributed by atoms with van der Waals surface area (Å²) in [4.78, 5) is 3.93. The van der Waals surface area contributed by atoms with Crippen molar-refractivity contribution >= 4 is 31.6 Å². The van der Waals surface area contributed by atoms with Gasteiger partial charge in [0.25, 0.3) is 10.0 Å². The summed E-state index contributed by atoms with van der Waals surface area (Å²) >= 11 is 3.19. The van der Waals surface area contributed by atoms with E-state index in [9.17, 15) is 8.42 Å². The summed E-state index contributed by atoms with van der Waals surface area (Å²) in [6.45, 7) is -0.142. The first kappa shape index (κ1) is 14.0. The molecule has 0 fully saturated rings. The zero-order valence-electron chi connectivity index (χ0n) is 9.75. The van der Waals surface area contributed by atoms with Crippen molar-refractivity contribution in [3.63, 3.8) is 0 Å². The molecule has 0 radical (unpaired) electrons. The van der Waals surface area contributed by atoms with Crippen molar-refractivity contribution in [1.82, 2.24) is 4.98 Å². The molecule has 2 N–H and O–H groups in total. The molecule has 0 saturated heterocycles. The van der Waals surface area contributed by atoms with Crippen LogP contribution in [0.5, 0.6) is 0 Å². The highest BCUT2D eigenvalue weighted by Crippen LogP contribution is 2.25. The molecule has 0 atom stereocenters. The van der Waals surface area contributed by atoms with Gasteiger partial charge in [0.1, 0.15) is 4.90 Å². The summed E-state index contributed by atoms with van der Waals surface area (Å²) < 4.78 is 27.3. The Kier molecular flexibility index (Phi) is 4.18. The summed E-state index contributed by atoms with van der Waals surface area (Å²) in [5, 5.41) is 9.00. The van der Waals surface area contributed by atoms with Crippen LogP contribution in [-0.2, 0) is 16.6 Å². The number of benzene rings is 1. The van der Waals surface area contributed by atoms with E-state index in [4.69, 9.17) is 5.11 Å². The molecule has 100 valence electrons. The number of aliphatic hydroxyl groups excluding tert-OH is 1. The monoisotopic (exact) mass is 342 g/mol. The third-order valence-corrected chi connectivity index (χ3v) is 4.76. The van der Waals surface area contributed by atoms with Gasteiger partial charge in [-0.25, -0.2) is 8.42 Å². The van der Waals surface area contributed by atoms with Crippen LogP contribution in [0.25, 0.3) is 0 Å². The van der Waals surface area contributed by atoms with Gasteiger partial charge in [0.15, 0.2) is 0 Å². The second-order valence-electron chi connectivity index (χ2n) is 3.76. The van der Waals surface area contributed by atoms with Gasteiger partial charge >= 0.3 is 0 Å². The van der Waals surface area contributed by atoms with E-state index in [-0.39, 0.29) is 11.5 Å². The molecule has 0 unspecified atom stereocenters. The summed E-state index contributed by atoms with van der Waals surface area (Å²) in [7, 11) is -3.68. The van der Waals surface area contributed by atoms with Crippen LogP contribution >= 0.6 is 15.9 Å². The SMILES string of the molecule is O=S(=O)(Nc1ccncc1)c1ccc(CO)cc1Br. The Hall–Kier alpha value is -1.44. The largest absolute Gasteiger partial charge is 0.392 e. The number of rotatable bonds is 4. The third-order valence-electron chi connectivity index (χ3n) is 2.40. The summed E-state index contributed by atoms with van der Waals surface area (Å²) in [5.74, 6) is 0. The zero-order chi connectivity index (χ0) is 13.9. The van der Waals surface area contributed by atoms with E-state index in [1.54, 1.807) is 24.3 Å². The van der Waals surface area contributed by atoms with Crippen LogP contribution in [-0.4, -0.2) is 18.5 Å². The van der Waals surface area contributed by atoms with E-state index in [1.165, 1.54) is 18.5 Å². The fourth-order valence-electron chi connectivity index (χ4n) is 1.49. The number of nitrogens with zero attached hydrogens (tertiary/aromatic N) is 1. The van der Waals surface area contributed by atoms with E-state index in [1.807, 2.05) is 0 Å². The number of hydrogen-bond donors (Lipinski definition) is 2. The molecule has 0 aliphatic rings. The van der Waals surface area contributed by atoms with Gasteiger partial charge in [-0.05, 0) is 45.8 Å². The lowest BCUT2D eigenvalue weighted by molar-refractivity contribution is 0.281. The number of halogens is 1. The zero-order valence-corrected chi connectivity index (χ0v) is 12.1. The second-order valence-corrected chi connectivity index (χ2v) is 6.27. The van der Waals surface area contributed by atoms with Crippen LogP contribution in [0.3, 0.4) is 0 Å². The number of hydrogen-bond acceptors (Lipinski definition) is 4. The molecule has 2 rings (SSSR count). The van der Waals surface area contributed by atoms with Gasteiger partial charge in [0, 0.05) is 16.9 Å². The fraction of sp³-hybridized carbons (Fsp3) is 0.0833. The molecule has 0 bridgehead atoms. The third kappa shape index (κ3) is 3.31. The summed E-state index contributed by atoms with van der Waals surface area (Å²) in [6.07, 6.45) is 3.00. The van der Waals surface area contributed by atoms with E-state index in [0.717, 1.165) is 0 Å². The maximum atomic E-state index is 12.2. The van der Waals surface area contributed by atoms with Crippen molar-refractivity contribution in [2.24, 2.45) is 0 Å². The lowest BCUT2D eigenvalue weighted by Crippen LogP contribution is -2.13. The second kappa shape index (κ2) is 5.68. The molecule has 0 spiro atoms. The topological polar surface area (TPSA) is 79.3 Å². The standard InChI is InChI=1S/C12H11BrN2O3S/c13-11-7-9(8-16)1-2-12(11)19(17,18)15-10-3-5-14-6-4-10/h1-7,16H,8H2,(H,14,15). The van der Waals surface area contributed by atoms with E-state index in [2.05, 4.69) is 25.6 Å². The Bertz CT molecular complexity index is 675. The average molecular weight is 343 g/mol. The normalized spacial score (nSPS) is 11.3. The molecule has 1 aromatic heterocycles. The minimum atomic E-state index is -3.68. The van der Waals surface area contributed by atoms with Crippen molar-refractivity contribution in [3.05, 3.63) is 52.8 Å². The average Bonchev–Trinajstić information content (AvgIpc) is 2.38. The lowest BCUT2D eigenvalue weighted by atomic mass is 10.2. The van der Waals surface area contributed by atoms with Gasteiger partial charge < -0.3 is 5.11 Å². The number of nitrogens with one attached hydrogen (secondary N) is 1. The Balaban J connectivity index is 2.35. The highest BCUT2D eigenvalue weighted by molar-refractivity contribution is 9.10. The molecule has 0 aliphatic carbocycles. The quantitative estimate of drug-likeness (QED) is 0.891. The Morgan fingerprint density at radius 1 is 1.21 bits per heavy atom. The van der Waals surface area contributed by atoms with Crippen LogP contribution in [0.2, 0.25) is 0 Å². The van der Waals surface area contributed by atoms with Gasteiger partial charge in [0.05, 0.1) is 12.3 Å². The molecule has 0 aliphatic heterocycles. The smallest absolute Gasteiger partial charge is 0.263 e. The van der Waals surface area contributed by atoms with Crippen molar-refractivity contribution in [3.8, 4) is 0 Å². The first-order valence-electron chi connectivity index (χ1n) is 5.35. The molecule has 5 nitrogen and oxygen atoms in total. The van der Waals surface area contributed by atoms with Crippen LogP contribution in [0.4, 0.5) is 5.69 Å². The molecular formula is C12H11BrN2O3S. The Labute approximate surface area is 119 Å². The maximum Gasteiger partial charge on any atom is 0.263 e. The number of anilines is 1. The molecule has 0 saturated carbocycles. The van der Waals surface area contributed by atoms with Crippen LogP contribution in [0.1, 0.15) is 5.56 Å². The number of aliphatic hydroxyl groups is 1. The predicted molar refractivity (Wildman–Crippen MR) is 75.1 cm³/mol. The van der Waals surface area contributed by atoms with Gasteiger partial charge in [-0.2, -0.15) is 0 Å². The van der Waals surface area contributed by atoms with Crippen LogP contribution in [0.15, 0.2) is 52.1 Å². The first-order chi connectivity index (χ1) is 9.03. The number of pyridine rings is 1. The predicted octanol–water partition coefficient (Wildman–Crippen LogP) is 2.14. The lowest BCUT2D eigenvalue weighted by Gasteiger charge is -2.10. The van der Waals surface area contributed by atoms with Crippen LogP contribution in [0, 0.1) is 0 Å². The van der Waals surface area contributed by atoms with E-state index in [0.29, 0.717) is 15.7 Å². The minimum Gasteiger partial charge on any atom is -0.392 e.